The van der Waals surface area contributed by atoms with E-state index in [4.69, 9.17) is 9.57 Å². The van der Waals surface area contributed by atoms with E-state index in [0.29, 0.717) is 6.42 Å². The molecule has 1 aliphatic rings. The first-order chi connectivity index (χ1) is 17.9. The van der Waals surface area contributed by atoms with Gasteiger partial charge in [0.05, 0.1) is 18.8 Å². The first-order valence-electron chi connectivity index (χ1n) is 12.5. The number of hydroxylamine groups is 1. The molecule has 1 fully saturated rings. The molecule has 9 nitrogen and oxygen atoms in total. The van der Waals surface area contributed by atoms with E-state index in [2.05, 4.69) is 53.0 Å². The molecular formula is C28H35N3O6. The van der Waals surface area contributed by atoms with Gasteiger partial charge in [0.1, 0.15) is 6.10 Å². The summed E-state index contributed by atoms with van der Waals surface area (Å²) < 4.78 is 5.30. The Bertz CT molecular complexity index is 1190. The minimum absolute atomic E-state index is 0.0882. The lowest BCUT2D eigenvalue weighted by molar-refractivity contribution is -0.286. The van der Waals surface area contributed by atoms with Crippen molar-refractivity contribution in [1.29, 1.82) is 0 Å². The van der Waals surface area contributed by atoms with Gasteiger partial charge in [-0.25, -0.2) is 10.3 Å². The van der Waals surface area contributed by atoms with Gasteiger partial charge in [0.15, 0.2) is 0 Å². The van der Waals surface area contributed by atoms with Crippen LogP contribution in [-0.4, -0.2) is 64.0 Å². The van der Waals surface area contributed by atoms with Crippen LogP contribution in [-0.2, 0) is 33.8 Å². The van der Waals surface area contributed by atoms with Crippen LogP contribution in [0.2, 0.25) is 0 Å². The summed E-state index contributed by atoms with van der Waals surface area (Å²) >= 11 is 0. The quantitative estimate of drug-likeness (QED) is 0.132. The number of carbonyl (C=O) groups excluding carboxylic acids is 1. The summed E-state index contributed by atoms with van der Waals surface area (Å²) in [5.74, 6) is -0.525. The highest BCUT2D eigenvalue weighted by Gasteiger charge is 2.37. The van der Waals surface area contributed by atoms with Gasteiger partial charge in [-0.2, -0.15) is 0 Å². The molecule has 198 valence electrons. The number of allylic oxidation sites excluding steroid dienone is 1. The number of aryl methyl sites for hydroxylation is 1. The van der Waals surface area contributed by atoms with E-state index in [1.807, 2.05) is 18.2 Å². The van der Waals surface area contributed by atoms with Gasteiger partial charge in [-0.1, -0.05) is 48.5 Å². The van der Waals surface area contributed by atoms with Gasteiger partial charge in [0, 0.05) is 35.6 Å². The summed E-state index contributed by atoms with van der Waals surface area (Å²) in [6.07, 6.45) is 0.293. The molecule has 0 saturated carbocycles. The number of H-pyrrole nitrogens is 1. The molecule has 2 aromatic carbocycles. The van der Waals surface area contributed by atoms with E-state index in [0.717, 1.165) is 25.1 Å². The van der Waals surface area contributed by atoms with Crippen LogP contribution in [0.15, 0.2) is 60.7 Å². The minimum Gasteiger partial charge on any atom is -0.394 e. The predicted molar refractivity (Wildman–Crippen MR) is 139 cm³/mol. The molecule has 0 aliphatic carbocycles. The zero-order valence-corrected chi connectivity index (χ0v) is 20.9. The molecule has 0 spiro atoms. The molecule has 0 bridgehead atoms. The van der Waals surface area contributed by atoms with Crippen LogP contribution < -0.4 is 10.8 Å². The zero-order chi connectivity index (χ0) is 26.2. The molecule has 0 radical (unpaired) electrons. The van der Waals surface area contributed by atoms with Gasteiger partial charge in [-0.05, 0) is 49.1 Å². The van der Waals surface area contributed by atoms with E-state index in [9.17, 15) is 20.1 Å². The second-order valence-electron chi connectivity index (χ2n) is 9.31. The third kappa shape index (κ3) is 7.26. The van der Waals surface area contributed by atoms with Gasteiger partial charge in [0.2, 0.25) is 6.29 Å². The van der Waals surface area contributed by atoms with Crippen molar-refractivity contribution in [2.75, 3.05) is 13.2 Å². The molecule has 1 saturated heterocycles. The van der Waals surface area contributed by atoms with E-state index < -0.39 is 30.5 Å². The molecule has 4 rings (SSSR count). The van der Waals surface area contributed by atoms with E-state index in [1.165, 1.54) is 33.8 Å². The third-order valence-electron chi connectivity index (χ3n) is 6.54. The van der Waals surface area contributed by atoms with Crippen LogP contribution in [0.1, 0.15) is 28.8 Å². The first kappa shape index (κ1) is 27.0. The number of nitrogens with one attached hydrogen (secondary N) is 3. The number of aromatic amines is 1. The van der Waals surface area contributed by atoms with Crippen LogP contribution in [0.3, 0.4) is 0 Å². The van der Waals surface area contributed by atoms with Gasteiger partial charge in [-0.15, -0.1) is 0 Å². The van der Waals surface area contributed by atoms with Crippen molar-refractivity contribution in [1.82, 2.24) is 15.8 Å². The molecule has 1 amide bonds. The molecule has 1 unspecified atom stereocenters. The maximum Gasteiger partial charge on any atom is 0.267 e. The predicted octanol–water partition coefficient (Wildman–Crippen LogP) is 1.78. The SMILES string of the molecule is Cc1[nH]c2ccccc2c1CCNCc1ccc(C/C=C/C(=O)NO[C@@H]2OC(CO)C[C@H](O)[C@H]2O)cc1. The Kier molecular flexibility index (Phi) is 9.45. The molecule has 37 heavy (non-hydrogen) atoms. The standard InChI is InChI=1S/C28H35N3O6/c1-18-22(23-6-2-3-7-24(23)30-18)13-14-29-16-20-11-9-19(10-12-20)5-4-8-26(34)31-37-28-27(35)25(33)15-21(17-32)36-28/h2-4,6-12,21,25,27-30,32-33,35H,5,13-17H2,1H3,(H,31,34)/b8-4+/t21?,25-,27+,28-/m0/s1. The van der Waals surface area contributed by atoms with Crippen LogP contribution >= 0.6 is 0 Å². The molecule has 1 aliphatic heterocycles. The highest BCUT2D eigenvalue weighted by atomic mass is 16.8. The highest BCUT2D eigenvalue weighted by molar-refractivity contribution is 5.86. The maximum atomic E-state index is 12.0. The summed E-state index contributed by atoms with van der Waals surface area (Å²) in [5.41, 5.74) is 8.18. The second-order valence-corrected chi connectivity index (χ2v) is 9.31. The number of amides is 1. The van der Waals surface area contributed by atoms with Gasteiger partial charge < -0.3 is 30.4 Å². The van der Waals surface area contributed by atoms with Crippen molar-refractivity contribution in [2.24, 2.45) is 0 Å². The lowest BCUT2D eigenvalue weighted by Crippen LogP contribution is -2.52. The van der Waals surface area contributed by atoms with Gasteiger partial charge in [-0.3, -0.25) is 4.79 Å². The van der Waals surface area contributed by atoms with Crippen LogP contribution in [0.4, 0.5) is 0 Å². The minimum atomic E-state index is -1.32. The topological polar surface area (TPSA) is 136 Å². The van der Waals surface area contributed by atoms with Gasteiger partial charge >= 0.3 is 0 Å². The van der Waals surface area contributed by atoms with Crippen molar-refractivity contribution in [3.05, 3.63) is 83.1 Å². The fourth-order valence-corrected chi connectivity index (χ4v) is 4.48. The number of para-hydroxylation sites is 1. The Morgan fingerprint density at radius 1 is 1.16 bits per heavy atom. The maximum absolute atomic E-state index is 12.0. The summed E-state index contributed by atoms with van der Waals surface area (Å²) in [6.45, 7) is 3.45. The number of aromatic nitrogens is 1. The van der Waals surface area contributed by atoms with Gasteiger partial charge in [0.25, 0.3) is 5.91 Å². The number of hydrogen-bond acceptors (Lipinski definition) is 7. The van der Waals surface area contributed by atoms with E-state index >= 15 is 0 Å². The van der Waals surface area contributed by atoms with Crippen LogP contribution in [0.5, 0.6) is 0 Å². The average Bonchev–Trinajstić information content (AvgIpc) is 3.23. The fraction of sp³-hybridized carbons (Fsp3) is 0.393. The number of benzene rings is 2. The summed E-state index contributed by atoms with van der Waals surface area (Å²) in [4.78, 5) is 20.5. The van der Waals surface area contributed by atoms with E-state index in [1.54, 1.807) is 6.08 Å². The smallest absolute Gasteiger partial charge is 0.267 e. The van der Waals surface area contributed by atoms with Crippen molar-refractivity contribution < 1.29 is 29.7 Å². The summed E-state index contributed by atoms with van der Waals surface area (Å²) in [6, 6.07) is 16.6. The number of ether oxygens (including phenoxy) is 1. The number of carbonyl (C=O) groups is 1. The largest absolute Gasteiger partial charge is 0.394 e. The number of rotatable bonds is 11. The number of fused-ring (bicyclic) bond motifs is 1. The molecule has 9 heteroatoms. The molecule has 3 aromatic rings. The average molecular weight is 510 g/mol. The summed E-state index contributed by atoms with van der Waals surface area (Å²) in [5, 5.41) is 33.7. The molecule has 6 N–H and O–H groups in total. The van der Waals surface area contributed by atoms with Crippen molar-refractivity contribution in [2.45, 2.75) is 57.3 Å². The lowest BCUT2D eigenvalue weighted by Gasteiger charge is -2.35. The Morgan fingerprint density at radius 2 is 1.92 bits per heavy atom. The van der Waals surface area contributed by atoms with Crippen molar-refractivity contribution in [3.63, 3.8) is 0 Å². The van der Waals surface area contributed by atoms with Crippen LogP contribution in [0, 0.1) is 6.92 Å². The lowest BCUT2D eigenvalue weighted by atomic mass is 10.0. The number of hydrogen-bond donors (Lipinski definition) is 6. The Balaban J connectivity index is 1.16. The number of aliphatic hydroxyl groups excluding tert-OH is 3. The van der Waals surface area contributed by atoms with E-state index in [-0.39, 0.29) is 13.0 Å². The normalized spacial score (nSPS) is 22.1. The molecule has 4 atom stereocenters. The van der Waals surface area contributed by atoms with Crippen LogP contribution in [0.25, 0.3) is 10.9 Å². The summed E-state index contributed by atoms with van der Waals surface area (Å²) in [7, 11) is 0. The Morgan fingerprint density at radius 3 is 2.70 bits per heavy atom. The highest BCUT2D eigenvalue weighted by Crippen LogP contribution is 2.22. The van der Waals surface area contributed by atoms with Crippen molar-refractivity contribution >= 4 is 16.8 Å². The third-order valence-corrected chi connectivity index (χ3v) is 6.54. The second kappa shape index (κ2) is 13.0. The number of aliphatic hydroxyl groups is 3. The first-order valence-corrected chi connectivity index (χ1v) is 12.5. The monoisotopic (exact) mass is 509 g/mol. The van der Waals surface area contributed by atoms with Crippen molar-refractivity contribution in [3.8, 4) is 0 Å². The molecule has 1 aromatic heterocycles. The molecular weight excluding hydrogens is 474 g/mol. The fourth-order valence-electron chi connectivity index (χ4n) is 4.48. The Hall–Kier alpha value is -3.05. The zero-order valence-electron chi connectivity index (χ0n) is 20.9. The molecule has 2 heterocycles. The Labute approximate surface area is 216 Å².